The third-order valence-corrected chi connectivity index (χ3v) is 5.65. The Morgan fingerprint density at radius 3 is 2.75 bits per heavy atom. The van der Waals surface area contributed by atoms with Gasteiger partial charge in [0.2, 0.25) is 11.9 Å². The SMILES string of the molecule is Cc1nc(N)nc2c1cc(OC1C=CNC=C1F)c(=O)n2C1CCC(OCC(N)=O)CC1. The molecule has 1 fully saturated rings. The molecule has 2 aliphatic rings. The number of fused-ring (bicyclic) bond motifs is 1. The van der Waals surface area contributed by atoms with Crippen LogP contribution in [0.4, 0.5) is 10.3 Å². The second-order valence-corrected chi connectivity index (χ2v) is 7.89. The van der Waals surface area contributed by atoms with Crippen molar-refractivity contribution in [2.45, 2.75) is 50.9 Å². The van der Waals surface area contributed by atoms with Crippen LogP contribution in [0.5, 0.6) is 5.75 Å². The lowest BCUT2D eigenvalue weighted by molar-refractivity contribution is -0.125. The van der Waals surface area contributed by atoms with E-state index in [1.807, 2.05) is 0 Å². The number of pyridine rings is 1. The van der Waals surface area contributed by atoms with Gasteiger partial charge in [0.05, 0.1) is 11.8 Å². The van der Waals surface area contributed by atoms with Crippen LogP contribution in [0, 0.1) is 6.92 Å². The fraction of sp³-hybridized carbons (Fsp3) is 0.429. The molecule has 10 nitrogen and oxygen atoms in total. The standard InChI is InChI=1S/C21H25FN6O4/c1-11-14-8-17(32-16-6-7-25-9-15(16)22)20(30)28(19(14)27-21(24)26-11)12-2-4-13(5-3-12)31-10-18(23)29/h6-9,12-13,16,25H,2-5,10H2,1H3,(H2,23,29)(H2,24,26,27). The molecular formula is C21H25FN6O4. The molecule has 3 heterocycles. The number of rotatable bonds is 6. The molecule has 2 aromatic rings. The molecule has 4 rings (SSSR count). The Morgan fingerprint density at radius 1 is 1.31 bits per heavy atom. The van der Waals surface area contributed by atoms with Gasteiger partial charge in [-0.05, 0) is 44.7 Å². The molecule has 11 heteroatoms. The van der Waals surface area contributed by atoms with Crippen molar-refractivity contribution >= 4 is 22.9 Å². The first-order valence-corrected chi connectivity index (χ1v) is 10.4. The van der Waals surface area contributed by atoms with Crippen molar-refractivity contribution in [1.82, 2.24) is 19.9 Å². The Kier molecular flexibility index (Phi) is 6.08. The van der Waals surface area contributed by atoms with Crippen LogP contribution in [-0.4, -0.2) is 39.3 Å². The predicted octanol–water partition coefficient (Wildman–Crippen LogP) is 1.34. The molecule has 1 atom stereocenters. The maximum absolute atomic E-state index is 14.2. The molecule has 5 N–H and O–H groups in total. The molecule has 0 saturated heterocycles. The number of hydrogen-bond donors (Lipinski definition) is 3. The van der Waals surface area contributed by atoms with Crippen LogP contribution in [0.2, 0.25) is 0 Å². The summed E-state index contributed by atoms with van der Waals surface area (Å²) in [4.78, 5) is 32.9. The van der Waals surface area contributed by atoms with E-state index in [9.17, 15) is 14.0 Å². The minimum atomic E-state index is -1.01. The molecule has 170 valence electrons. The van der Waals surface area contributed by atoms with Crippen LogP contribution in [0.1, 0.15) is 37.4 Å². The van der Waals surface area contributed by atoms with Gasteiger partial charge in [-0.1, -0.05) is 0 Å². The van der Waals surface area contributed by atoms with Crippen molar-refractivity contribution in [2.24, 2.45) is 5.73 Å². The highest BCUT2D eigenvalue weighted by molar-refractivity contribution is 5.80. The number of nitrogen functional groups attached to an aromatic ring is 1. The molecule has 0 spiro atoms. The number of primary amides is 1. The molecule has 0 bridgehead atoms. The van der Waals surface area contributed by atoms with Gasteiger partial charge in [-0.15, -0.1) is 0 Å². The van der Waals surface area contributed by atoms with Gasteiger partial charge >= 0.3 is 0 Å². The number of amides is 1. The van der Waals surface area contributed by atoms with Crippen LogP contribution >= 0.6 is 0 Å². The first kappa shape index (κ1) is 21.8. The minimum Gasteiger partial charge on any atom is -0.473 e. The molecule has 1 saturated carbocycles. The predicted molar refractivity (Wildman–Crippen MR) is 115 cm³/mol. The fourth-order valence-corrected chi connectivity index (χ4v) is 4.12. The highest BCUT2D eigenvalue weighted by Gasteiger charge is 2.28. The van der Waals surface area contributed by atoms with Crippen molar-refractivity contribution in [3.63, 3.8) is 0 Å². The minimum absolute atomic E-state index is 0.00109. The number of anilines is 1. The third-order valence-electron chi connectivity index (χ3n) is 5.65. The number of nitrogens with zero attached hydrogens (tertiary/aromatic N) is 3. The number of aryl methyl sites for hydroxylation is 1. The Bertz CT molecular complexity index is 1150. The Hall–Kier alpha value is -3.47. The van der Waals surface area contributed by atoms with Crippen LogP contribution in [0.25, 0.3) is 11.0 Å². The van der Waals surface area contributed by atoms with E-state index in [-0.39, 0.29) is 30.5 Å². The smallest absolute Gasteiger partial charge is 0.294 e. The zero-order chi connectivity index (χ0) is 22.8. The number of halogens is 1. The molecule has 1 aliphatic carbocycles. The largest absolute Gasteiger partial charge is 0.473 e. The van der Waals surface area contributed by atoms with E-state index < -0.39 is 23.4 Å². The number of carbonyl (C=O) groups excluding carboxylic acids is 1. The highest BCUT2D eigenvalue weighted by Crippen LogP contribution is 2.33. The van der Waals surface area contributed by atoms with E-state index in [0.29, 0.717) is 42.4 Å². The van der Waals surface area contributed by atoms with Crippen LogP contribution in [0.3, 0.4) is 0 Å². The highest BCUT2D eigenvalue weighted by atomic mass is 19.1. The summed E-state index contributed by atoms with van der Waals surface area (Å²) in [6.07, 6.45) is 5.59. The number of hydrogen-bond acceptors (Lipinski definition) is 8. The lowest BCUT2D eigenvalue weighted by Gasteiger charge is -2.30. The van der Waals surface area contributed by atoms with Gasteiger partial charge in [0.25, 0.3) is 5.56 Å². The maximum Gasteiger partial charge on any atom is 0.294 e. The molecule has 0 radical (unpaired) electrons. The second-order valence-electron chi connectivity index (χ2n) is 7.89. The van der Waals surface area contributed by atoms with Gasteiger partial charge in [0, 0.05) is 23.8 Å². The van der Waals surface area contributed by atoms with Crippen molar-refractivity contribution in [1.29, 1.82) is 0 Å². The summed E-state index contributed by atoms with van der Waals surface area (Å²) < 4.78 is 27.0. The Balaban J connectivity index is 1.70. The number of dihydropyridines is 1. The van der Waals surface area contributed by atoms with Crippen LogP contribution < -0.4 is 27.1 Å². The average molecular weight is 444 g/mol. The average Bonchev–Trinajstić information content (AvgIpc) is 2.75. The monoisotopic (exact) mass is 444 g/mol. The second kappa shape index (κ2) is 8.95. The molecule has 1 aliphatic heterocycles. The van der Waals surface area contributed by atoms with E-state index in [0.717, 1.165) is 0 Å². The van der Waals surface area contributed by atoms with E-state index in [1.54, 1.807) is 11.5 Å². The van der Waals surface area contributed by atoms with Crippen LogP contribution in [0.15, 0.2) is 35.2 Å². The zero-order valence-corrected chi connectivity index (χ0v) is 17.6. The van der Waals surface area contributed by atoms with Crippen molar-refractivity contribution in [2.75, 3.05) is 12.3 Å². The van der Waals surface area contributed by atoms with Crippen molar-refractivity contribution < 1.29 is 18.7 Å². The van der Waals surface area contributed by atoms with E-state index in [1.165, 1.54) is 24.5 Å². The van der Waals surface area contributed by atoms with Gasteiger partial charge in [-0.3, -0.25) is 14.2 Å². The normalized spacial score (nSPS) is 22.9. The van der Waals surface area contributed by atoms with Gasteiger partial charge in [0.1, 0.15) is 12.3 Å². The molecule has 0 aromatic carbocycles. The van der Waals surface area contributed by atoms with E-state index >= 15 is 0 Å². The third kappa shape index (κ3) is 4.42. The molecule has 1 unspecified atom stereocenters. The molecule has 32 heavy (non-hydrogen) atoms. The van der Waals surface area contributed by atoms with Crippen LogP contribution in [-0.2, 0) is 9.53 Å². The summed E-state index contributed by atoms with van der Waals surface area (Å²) in [5.41, 5.74) is 11.6. The number of nitrogens with two attached hydrogens (primary N) is 2. The quantitative estimate of drug-likeness (QED) is 0.605. The lowest BCUT2D eigenvalue weighted by atomic mass is 9.92. The van der Waals surface area contributed by atoms with Gasteiger partial charge in [-0.25, -0.2) is 9.37 Å². The molecular weight excluding hydrogens is 419 g/mol. The molecule has 2 aromatic heterocycles. The van der Waals surface area contributed by atoms with E-state index in [2.05, 4.69) is 15.3 Å². The Labute approximate surface area is 183 Å². The fourth-order valence-electron chi connectivity index (χ4n) is 4.12. The summed E-state index contributed by atoms with van der Waals surface area (Å²) in [5, 5.41) is 3.24. The van der Waals surface area contributed by atoms with Crippen molar-refractivity contribution in [3.8, 4) is 5.75 Å². The van der Waals surface area contributed by atoms with E-state index in [4.69, 9.17) is 20.9 Å². The molecule has 1 amide bonds. The first-order chi connectivity index (χ1) is 15.3. The zero-order valence-electron chi connectivity index (χ0n) is 17.6. The first-order valence-electron chi connectivity index (χ1n) is 10.4. The number of nitrogens with one attached hydrogen (secondary N) is 1. The Morgan fingerprint density at radius 2 is 2.06 bits per heavy atom. The summed E-state index contributed by atoms with van der Waals surface area (Å²) in [6, 6.07) is 1.34. The number of aromatic nitrogens is 3. The van der Waals surface area contributed by atoms with Gasteiger partial charge in [0.15, 0.2) is 17.7 Å². The maximum atomic E-state index is 14.2. The topological polar surface area (TPSA) is 147 Å². The summed E-state index contributed by atoms with van der Waals surface area (Å²) in [5.74, 6) is -1.00. The van der Waals surface area contributed by atoms with Gasteiger partial charge < -0.3 is 26.3 Å². The lowest BCUT2D eigenvalue weighted by Crippen LogP contribution is -2.34. The van der Waals surface area contributed by atoms with Crippen molar-refractivity contribution in [3.05, 3.63) is 46.4 Å². The number of carbonyl (C=O) groups is 1. The summed E-state index contributed by atoms with van der Waals surface area (Å²) >= 11 is 0. The summed E-state index contributed by atoms with van der Waals surface area (Å²) in [6.45, 7) is 1.63. The summed E-state index contributed by atoms with van der Waals surface area (Å²) in [7, 11) is 0. The number of ether oxygens (including phenoxy) is 2. The van der Waals surface area contributed by atoms with Gasteiger partial charge in [-0.2, -0.15) is 4.98 Å².